The molecule has 0 bridgehead atoms. The number of carboxylic acids is 1. The van der Waals surface area contributed by atoms with Crippen molar-refractivity contribution < 1.29 is 14.7 Å². The highest BCUT2D eigenvalue weighted by atomic mass is 16.4. The van der Waals surface area contributed by atoms with Crippen LogP contribution in [0.2, 0.25) is 0 Å². The Hall–Kier alpha value is -2.18. The smallest absolute Gasteiger partial charge is 0.317 e. The molecule has 20 heavy (non-hydrogen) atoms. The SMILES string of the molecule is Cc1nccc(CNC(=O)N2CCCC(C(=O)O)C2)n1. The number of carbonyl (C=O) groups is 2. The molecule has 0 aliphatic carbocycles. The summed E-state index contributed by atoms with van der Waals surface area (Å²) in [6.45, 7) is 2.96. The zero-order valence-corrected chi connectivity index (χ0v) is 11.4. The Kier molecular flexibility index (Phi) is 4.49. The van der Waals surface area contributed by atoms with E-state index in [-0.39, 0.29) is 12.6 Å². The number of hydrogen-bond donors (Lipinski definition) is 2. The lowest BCUT2D eigenvalue weighted by Gasteiger charge is -2.30. The highest BCUT2D eigenvalue weighted by molar-refractivity contribution is 5.76. The number of aromatic nitrogens is 2. The van der Waals surface area contributed by atoms with Crippen molar-refractivity contribution in [2.45, 2.75) is 26.3 Å². The Morgan fingerprint density at radius 3 is 3.05 bits per heavy atom. The molecule has 1 fully saturated rings. The Bertz CT molecular complexity index is 506. The molecule has 1 unspecified atom stereocenters. The van der Waals surface area contributed by atoms with E-state index in [1.807, 2.05) is 0 Å². The summed E-state index contributed by atoms with van der Waals surface area (Å²) in [4.78, 5) is 32.7. The van der Waals surface area contributed by atoms with Crippen molar-refractivity contribution in [3.05, 3.63) is 23.8 Å². The van der Waals surface area contributed by atoms with E-state index in [1.165, 1.54) is 0 Å². The van der Waals surface area contributed by atoms with Crippen LogP contribution in [0.4, 0.5) is 4.79 Å². The van der Waals surface area contributed by atoms with Gasteiger partial charge in [-0.1, -0.05) is 0 Å². The molecule has 2 heterocycles. The van der Waals surface area contributed by atoms with Gasteiger partial charge in [0.15, 0.2) is 0 Å². The van der Waals surface area contributed by atoms with Crippen molar-refractivity contribution in [1.82, 2.24) is 20.2 Å². The van der Waals surface area contributed by atoms with Gasteiger partial charge in [0.2, 0.25) is 0 Å². The molecular weight excluding hydrogens is 260 g/mol. The van der Waals surface area contributed by atoms with Crippen LogP contribution in [-0.4, -0.2) is 45.1 Å². The van der Waals surface area contributed by atoms with Crippen molar-refractivity contribution in [1.29, 1.82) is 0 Å². The highest BCUT2D eigenvalue weighted by Gasteiger charge is 2.27. The van der Waals surface area contributed by atoms with Crippen molar-refractivity contribution in [3.63, 3.8) is 0 Å². The van der Waals surface area contributed by atoms with Gasteiger partial charge in [-0.2, -0.15) is 0 Å². The normalized spacial score (nSPS) is 18.6. The molecular formula is C13H18N4O3. The minimum Gasteiger partial charge on any atom is -0.481 e. The highest BCUT2D eigenvalue weighted by Crippen LogP contribution is 2.16. The van der Waals surface area contributed by atoms with Crippen LogP contribution in [0.1, 0.15) is 24.4 Å². The lowest BCUT2D eigenvalue weighted by Crippen LogP contribution is -2.46. The summed E-state index contributed by atoms with van der Waals surface area (Å²) >= 11 is 0. The summed E-state index contributed by atoms with van der Waals surface area (Å²) in [7, 11) is 0. The van der Waals surface area contributed by atoms with Gasteiger partial charge in [-0.15, -0.1) is 0 Å². The number of amides is 2. The van der Waals surface area contributed by atoms with E-state index in [9.17, 15) is 9.59 Å². The monoisotopic (exact) mass is 278 g/mol. The quantitative estimate of drug-likeness (QED) is 0.852. The average molecular weight is 278 g/mol. The minimum absolute atomic E-state index is 0.243. The van der Waals surface area contributed by atoms with Gasteiger partial charge in [-0.05, 0) is 25.8 Å². The van der Waals surface area contributed by atoms with E-state index in [2.05, 4.69) is 15.3 Å². The third-order valence-corrected chi connectivity index (χ3v) is 3.31. The zero-order chi connectivity index (χ0) is 14.5. The molecule has 2 N–H and O–H groups in total. The summed E-state index contributed by atoms with van der Waals surface area (Å²) in [6, 6.07) is 1.50. The number of urea groups is 1. The topological polar surface area (TPSA) is 95.4 Å². The van der Waals surface area contributed by atoms with Gasteiger partial charge in [0.25, 0.3) is 0 Å². The van der Waals surface area contributed by atoms with Gasteiger partial charge in [0.05, 0.1) is 18.2 Å². The number of nitrogens with one attached hydrogen (secondary N) is 1. The van der Waals surface area contributed by atoms with Gasteiger partial charge < -0.3 is 15.3 Å². The predicted octanol–water partition coefficient (Wildman–Crippen LogP) is 0.791. The maximum atomic E-state index is 12.0. The lowest BCUT2D eigenvalue weighted by atomic mass is 9.99. The van der Waals surface area contributed by atoms with Crippen molar-refractivity contribution in [2.24, 2.45) is 5.92 Å². The first kappa shape index (κ1) is 14.2. The largest absolute Gasteiger partial charge is 0.481 e. The van der Waals surface area contributed by atoms with Crippen molar-refractivity contribution in [3.8, 4) is 0 Å². The Labute approximate surface area is 117 Å². The van der Waals surface area contributed by atoms with Crippen LogP contribution in [-0.2, 0) is 11.3 Å². The summed E-state index contributed by atoms with van der Waals surface area (Å²) in [5, 5.41) is 11.8. The molecule has 0 radical (unpaired) electrons. The van der Waals surface area contributed by atoms with Crippen LogP contribution in [0.5, 0.6) is 0 Å². The van der Waals surface area contributed by atoms with Crippen LogP contribution in [0, 0.1) is 12.8 Å². The summed E-state index contributed by atoms with van der Waals surface area (Å²) in [5.41, 5.74) is 0.734. The molecule has 0 saturated carbocycles. The number of aliphatic carboxylic acids is 1. The number of piperidine rings is 1. The Morgan fingerprint density at radius 2 is 2.35 bits per heavy atom. The first-order valence-corrected chi connectivity index (χ1v) is 6.60. The predicted molar refractivity (Wildman–Crippen MR) is 70.9 cm³/mol. The van der Waals surface area contributed by atoms with Gasteiger partial charge in [0.1, 0.15) is 5.82 Å². The molecule has 0 aromatic carbocycles. The van der Waals surface area contributed by atoms with E-state index >= 15 is 0 Å². The maximum absolute atomic E-state index is 12.0. The molecule has 2 rings (SSSR count). The third-order valence-electron chi connectivity index (χ3n) is 3.31. The summed E-state index contributed by atoms with van der Waals surface area (Å²) < 4.78 is 0. The molecule has 108 valence electrons. The fourth-order valence-corrected chi connectivity index (χ4v) is 2.24. The first-order valence-electron chi connectivity index (χ1n) is 6.60. The summed E-state index contributed by atoms with van der Waals surface area (Å²) in [6.07, 6.45) is 2.99. The molecule has 7 nitrogen and oxygen atoms in total. The second kappa shape index (κ2) is 6.31. The number of likely N-dealkylation sites (tertiary alicyclic amines) is 1. The molecule has 7 heteroatoms. The van der Waals surface area contributed by atoms with Crippen molar-refractivity contribution in [2.75, 3.05) is 13.1 Å². The number of hydrogen-bond acceptors (Lipinski definition) is 4. The van der Waals surface area contributed by atoms with Crippen LogP contribution in [0.25, 0.3) is 0 Å². The standard InChI is InChI=1S/C13H18N4O3/c1-9-14-5-4-11(16-9)7-15-13(20)17-6-2-3-10(8-17)12(18)19/h4-5,10H,2-3,6-8H2,1H3,(H,15,20)(H,18,19). The van der Waals surface area contributed by atoms with Crippen LogP contribution >= 0.6 is 0 Å². The second-order valence-corrected chi connectivity index (χ2v) is 4.88. The molecule has 1 aliphatic rings. The Morgan fingerprint density at radius 1 is 1.55 bits per heavy atom. The Balaban J connectivity index is 1.87. The van der Waals surface area contributed by atoms with Gasteiger partial charge >= 0.3 is 12.0 Å². The third kappa shape index (κ3) is 3.66. The number of carboxylic acid groups (broad SMARTS) is 1. The lowest BCUT2D eigenvalue weighted by molar-refractivity contribution is -0.143. The minimum atomic E-state index is -0.839. The molecule has 1 atom stereocenters. The number of nitrogens with zero attached hydrogens (tertiary/aromatic N) is 3. The number of rotatable bonds is 3. The maximum Gasteiger partial charge on any atom is 0.317 e. The average Bonchev–Trinajstić information content (AvgIpc) is 2.45. The van der Waals surface area contributed by atoms with Crippen LogP contribution in [0.3, 0.4) is 0 Å². The van der Waals surface area contributed by atoms with Gasteiger partial charge in [-0.25, -0.2) is 14.8 Å². The van der Waals surface area contributed by atoms with E-state index in [1.54, 1.807) is 24.1 Å². The molecule has 1 aromatic rings. The van der Waals surface area contributed by atoms with E-state index < -0.39 is 11.9 Å². The van der Waals surface area contributed by atoms with E-state index in [4.69, 9.17) is 5.11 Å². The molecule has 1 aliphatic heterocycles. The molecule has 1 aromatic heterocycles. The molecule has 2 amide bonds. The molecule has 0 spiro atoms. The second-order valence-electron chi connectivity index (χ2n) is 4.88. The fraction of sp³-hybridized carbons (Fsp3) is 0.538. The van der Waals surface area contributed by atoms with Crippen LogP contribution in [0.15, 0.2) is 12.3 Å². The number of carbonyl (C=O) groups excluding carboxylic acids is 1. The van der Waals surface area contributed by atoms with E-state index in [0.717, 1.165) is 12.1 Å². The number of aryl methyl sites for hydroxylation is 1. The van der Waals surface area contributed by atoms with Gasteiger partial charge in [-0.3, -0.25) is 4.79 Å². The van der Waals surface area contributed by atoms with E-state index in [0.29, 0.717) is 25.3 Å². The fourth-order valence-electron chi connectivity index (χ4n) is 2.24. The molecule has 1 saturated heterocycles. The summed E-state index contributed by atoms with van der Waals surface area (Å²) in [5.74, 6) is -0.648. The first-order chi connectivity index (χ1) is 9.56. The zero-order valence-electron chi connectivity index (χ0n) is 11.4. The van der Waals surface area contributed by atoms with Crippen molar-refractivity contribution >= 4 is 12.0 Å². The van der Waals surface area contributed by atoms with Crippen LogP contribution < -0.4 is 5.32 Å². The van der Waals surface area contributed by atoms with Gasteiger partial charge in [0, 0.05) is 19.3 Å².